The second-order valence-corrected chi connectivity index (χ2v) is 2.97. The summed E-state index contributed by atoms with van der Waals surface area (Å²) in [6.07, 6.45) is 0.994. The Kier molecular flexibility index (Phi) is 4.12. The van der Waals surface area contributed by atoms with Gasteiger partial charge in [-0.05, 0) is 6.92 Å². The topological polar surface area (TPSA) is 81.4 Å². The zero-order chi connectivity index (χ0) is 12.1. The molecule has 6 nitrogen and oxygen atoms in total. The summed E-state index contributed by atoms with van der Waals surface area (Å²) in [5.41, 5.74) is -1.12. The van der Waals surface area contributed by atoms with Gasteiger partial charge in [0.05, 0.1) is 12.9 Å². The maximum atomic E-state index is 13.4. The van der Waals surface area contributed by atoms with Crippen molar-refractivity contribution >= 4 is 5.97 Å². The summed E-state index contributed by atoms with van der Waals surface area (Å²) in [7, 11) is 0. The first-order chi connectivity index (χ1) is 7.56. The van der Waals surface area contributed by atoms with Crippen molar-refractivity contribution in [3.8, 4) is 0 Å². The van der Waals surface area contributed by atoms with E-state index in [2.05, 4.69) is 4.98 Å². The SMILES string of the molecule is CCOCc1ncn(CC(=O)O)c(=O)c1F. The van der Waals surface area contributed by atoms with Gasteiger partial charge in [-0.15, -0.1) is 0 Å². The van der Waals surface area contributed by atoms with E-state index in [0.717, 1.165) is 6.33 Å². The molecular weight excluding hydrogens is 219 g/mol. The standard InChI is InChI=1S/C9H11FN2O4/c1-2-16-4-6-8(10)9(15)12(5-11-6)3-7(13)14/h5H,2-4H2,1H3,(H,13,14). The summed E-state index contributed by atoms with van der Waals surface area (Å²) in [4.78, 5) is 25.3. The van der Waals surface area contributed by atoms with Crippen LogP contribution < -0.4 is 5.56 Å². The summed E-state index contributed by atoms with van der Waals surface area (Å²) < 4.78 is 19.0. The highest BCUT2D eigenvalue weighted by Gasteiger charge is 2.12. The highest BCUT2D eigenvalue weighted by Crippen LogP contribution is 1.99. The number of carboxylic acid groups (broad SMARTS) is 1. The minimum absolute atomic E-state index is 0.106. The summed E-state index contributed by atoms with van der Waals surface area (Å²) in [6, 6.07) is 0. The lowest BCUT2D eigenvalue weighted by atomic mass is 10.4. The van der Waals surface area contributed by atoms with E-state index >= 15 is 0 Å². The number of ether oxygens (including phenoxy) is 1. The summed E-state index contributed by atoms with van der Waals surface area (Å²) in [5.74, 6) is -2.31. The number of rotatable bonds is 5. The third kappa shape index (κ3) is 2.86. The fourth-order valence-electron chi connectivity index (χ4n) is 1.06. The fraction of sp³-hybridized carbons (Fsp3) is 0.444. The van der Waals surface area contributed by atoms with Crippen LogP contribution in [0.25, 0.3) is 0 Å². The zero-order valence-electron chi connectivity index (χ0n) is 8.64. The van der Waals surface area contributed by atoms with E-state index in [1.807, 2.05) is 0 Å². The predicted octanol–water partition coefficient (Wildman–Crippen LogP) is 0.00350. The second kappa shape index (κ2) is 5.36. The Hall–Kier alpha value is -1.76. The molecule has 0 aromatic carbocycles. The van der Waals surface area contributed by atoms with Crippen molar-refractivity contribution in [2.24, 2.45) is 0 Å². The fourth-order valence-corrected chi connectivity index (χ4v) is 1.06. The maximum Gasteiger partial charge on any atom is 0.323 e. The van der Waals surface area contributed by atoms with Gasteiger partial charge in [-0.25, -0.2) is 4.98 Å². The van der Waals surface area contributed by atoms with E-state index in [4.69, 9.17) is 9.84 Å². The Morgan fingerprint density at radius 3 is 2.94 bits per heavy atom. The summed E-state index contributed by atoms with van der Waals surface area (Å²) >= 11 is 0. The Bertz CT molecular complexity index is 444. The lowest BCUT2D eigenvalue weighted by Gasteiger charge is -2.05. The number of aliphatic carboxylic acids is 1. The van der Waals surface area contributed by atoms with E-state index < -0.39 is 23.9 Å². The molecule has 0 bridgehead atoms. The highest BCUT2D eigenvalue weighted by molar-refractivity contribution is 5.66. The molecule has 0 aliphatic carbocycles. The van der Waals surface area contributed by atoms with Crippen molar-refractivity contribution < 1.29 is 19.0 Å². The molecule has 1 N–H and O–H groups in total. The molecule has 16 heavy (non-hydrogen) atoms. The lowest BCUT2D eigenvalue weighted by Crippen LogP contribution is -2.28. The first-order valence-electron chi connectivity index (χ1n) is 4.59. The van der Waals surface area contributed by atoms with Crippen LogP contribution in [0.1, 0.15) is 12.6 Å². The molecule has 88 valence electrons. The van der Waals surface area contributed by atoms with Gasteiger partial charge in [0.15, 0.2) is 0 Å². The molecule has 0 aliphatic rings. The van der Waals surface area contributed by atoms with Gasteiger partial charge < -0.3 is 9.84 Å². The molecule has 7 heteroatoms. The molecule has 0 fully saturated rings. The highest BCUT2D eigenvalue weighted by atomic mass is 19.1. The smallest absolute Gasteiger partial charge is 0.323 e. The van der Waals surface area contributed by atoms with E-state index in [0.29, 0.717) is 11.2 Å². The zero-order valence-corrected chi connectivity index (χ0v) is 8.64. The van der Waals surface area contributed by atoms with Crippen molar-refractivity contribution in [2.75, 3.05) is 6.61 Å². The number of carbonyl (C=O) groups is 1. The van der Waals surface area contributed by atoms with Crippen LogP contribution in [-0.2, 0) is 22.7 Å². The van der Waals surface area contributed by atoms with Crippen LogP contribution in [-0.4, -0.2) is 27.2 Å². The molecule has 0 saturated heterocycles. The van der Waals surface area contributed by atoms with Gasteiger partial charge in [-0.3, -0.25) is 14.2 Å². The summed E-state index contributed by atoms with van der Waals surface area (Å²) in [6.45, 7) is 1.38. The van der Waals surface area contributed by atoms with Crippen molar-refractivity contribution in [1.29, 1.82) is 0 Å². The first-order valence-corrected chi connectivity index (χ1v) is 4.59. The number of hydrogen-bond donors (Lipinski definition) is 1. The molecule has 1 aromatic rings. The average Bonchev–Trinajstić information content (AvgIpc) is 2.23. The van der Waals surface area contributed by atoms with Crippen LogP contribution in [0.3, 0.4) is 0 Å². The third-order valence-electron chi connectivity index (χ3n) is 1.80. The summed E-state index contributed by atoms with van der Waals surface area (Å²) in [5, 5.41) is 8.46. The number of halogens is 1. The molecule has 0 amide bonds. The molecule has 0 spiro atoms. The monoisotopic (exact) mass is 230 g/mol. The van der Waals surface area contributed by atoms with Crippen LogP contribution in [0, 0.1) is 5.82 Å². The number of nitrogens with zero attached hydrogens (tertiary/aromatic N) is 2. The normalized spacial score (nSPS) is 10.4. The van der Waals surface area contributed by atoms with Gasteiger partial charge in [-0.2, -0.15) is 4.39 Å². The van der Waals surface area contributed by atoms with E-state index in [-0.39, 0.29) is 12.3 Å². The largest absolute Gasteiger partial charge is 0.480 e. The van der Waals surface area contributed by atoms with Crippen molar-refractivity contribution in [1.82, 2.24) is 9.55 Å². The van der Waals surface area contributed by atoms with Gasteiger partial charge in [0.2, 0.25) is 5.82 Å². The van der Waals surface area contributed by atoms with E-state index in [1.54, 1.807) is 6.92 Å². The van der Waals surface area contributed by atoms with Crippen molar-refractivity contribution in [3.05, 3.63) is 28.2 Å². The number of hydrogen-bond acceptors (Lipinski definition) is 4. The predicted molar refractivity (Wildman–Crippen MR) is 51.4 cm³/mol. The van der Waals surface area contributed by atoms with Gasteiger partial charge >= 0.3 is 5.97 Å². The number of aromatic nitrogens is 2. The lowest BCUT2D eigenvalue weighted by molar-refractivity contribution is -0.137. The van der Waals surface area contributed by atoms with Crippen LogP contribution >= 0.6 is 0 Å². The van der Waals surface area contributed by atoms with Gasteiger partial charge in [-0.1, -0.05) is 0 Å². The van der Waals surface area contributed by atoms with Crippen molar-refractivity contribution in [3.63, 3.8) is 0 Å². The van der Waals surface area contributed by atoms with Crippen LogP contribution in [0.4, 0.5) is 4.39 Å². The second-order valence-electron chi connectivity index (χ2n) is 2.97. The Morgan fingerprint density at radius 2 is 2.38 bits per heavy atom. The van der Waals surface area contributed by atoms with Crippen LogP contribution in [0.2, 0.25) is 0 Å². The molecule has 1 rings (SSSR count). The molecule has 0 aliphatic heterocycles. The van der Waals surface area contributed by atoms with E-state index in [1.165, 1.54) is 0 Å². The minimum Gasteiger partial charge on any atom is -0.480 e. The Morgan fingerprint density at radius 1 is 1.69 bits per heavy atom. The molecular formula is C9H11FN2O4. The van der Waals surface area contributed by atoms with Crippen LogP contribution in [0.15, 0.2) is 11.1 Å². The quantitative estimate of drug-likeness (QED) is 0.770. The molecule has 0 unspecified atom stereocenters. The maximum absolute atomic E-state index is 13.4. The van der Waals surface area contributed by atoms with Crippen molar-refractivity contribution in [2.45, 2.75) is 20.1 Å². The third-order valence-corrected chi connectivity index (χ3v) is 1.80. The van der Waals surface area contributed by atoms with Gasteiger partial charge in [0.1, 0.15) is 12.2 Å². The Balaban J connectivity index is 2.99. The average molecular weight is 230 g/mol. The molecule has 1 heterocycles. The van der Waals surface area contributed by atoms with Gasteiger partial charge in [0, 0.05) is 6.61 Å². The number of carboxylic acids is 1. The minimum atomic E-state index is -1.24. The van der Waals surface area contributed by atoms with Crippen LogP contribution in [0.5, 0.6) is 0 Å². The Labute approximate surface area is 90.3 Å². The molecule has 1 aromatic heterocycles. The molecule has 0 atom stereocenters. The molecule has 0 saturated carbocycles. The first kappa shape index (κ1) is 12.3. The van der Waals surface area contributed by atoms with E-state index in [9.17, 15) is 14.0 Å². The van der Waals surface area contributed by atoms with Gasteiger partial charge in [0.25, 0.3) is 5.56 Å². The molecule has 0 radical (unpaired) electrons.